The van der Waals surface area contributed by atoms with E-state index in [1.165, 1.54) is 31.2 Å². The van der Waals surface area contributed by atoms with Crippen molar-refractivity contribution in [3.63, 3.8) is 0 Å². The number of nitrogens with two attached hydrogens (primary N) is 2. The van der Waals surface area contributed by atoms with Gasteiger partial charge in [0.05, 0.1) is 24.8 Å². The number of guanidine groups is 1. The second-order valence-electron chi connectivity index (χ2n) is 4.47. The predicted molar refractivity (Wildman–Crippen MR) is 91.5 cm³/mol. The summed E-state index contributed by atoms with van der Waals surface area (Å²) in [5.41, 5.74) is 5.67. The molecule has 0 aromatic carbocycles. The van der Waals surface area contributed by atoms with E-state index >= 15 is 0 Å². The fourth-order valence-electron chi connectivity index (χ4n) is 1.78. The van der Waals surface area contributed by atoms with Crippen LogP contribution in [0.25, 0.3) is 0 Å². The zero-order valence-corrected chi connectivity index (χ0v) is 15.8. The molecule has 0 saturated heterocycles. The van der Waals surface area contributed by atoms with Crippen LogP contribution in [0.4, 0.5) is 5.95 Å². The van der Waals surface area contributed by atoms with Crippen LogP contribution in [0.15, 0.2) is 26.9 Å². The Hall–Kier alpha value is -2.61. The molecule has 0 bridgehead atoms. The van der Waals surface area contributed by atoms with E-state index in [0.29, 0.717) is 4.31 Å². The van der Waals surface area contributed by atoms with Crippen LogP contribution in [0.3, 0.4) is 0 Å². The molecule has 0 unspecified atom stereocenters. The molecule has 2 heterocycles. The van der Waals surface area contributed by atoms with Gasteiger partial charge in [-0.05, 0) is 15.9 Å². The van der Waals surface area contributed by atoms with Gasteiger partial charge >= 0.3 is 0 Å². The number of rotatable bonds is 5. The van der Waals surface area contributed by atoms with E-state index in [4.69, 9.17) is 21.1 Å². The van der Waals surface area contributed by atoms with E-state index in [2.05, 4.69) is 36.1 Å². The molecule has 0 amide bonds. The lowest BCUT2D eigenvalue weighted by atomic mass is 10.6. The van der Waals surface area contributed by atoms with Gasteiger partial charge in [0.15, 0.2) is 0 Å². The average molecular weight is 435 g/mol. The van der Waals surface area contributed by atoms with Crippen molar-refractivity contribution in [3.8, 4) is 11.8 Å². The lowest BCUT2D eigenvalue weighted by Gasteiger charge is -2.20. The van der Waals surface area contributed by atoms with Gasteiger partial charge in [-0.15, -0.1) is 5.10 Å². The molecule has 25 heavy (non-hydrogen) atoms. The lowest BCUT2D eigenvalue weighted by Crippen LogP contribution is -2.44. The number of halogens is 1. The Bertz CT molecular complexity index is 891. The van der Waals surface area contributed by atoms with E-state index in [9.17, 15) is 8.42 Å². The zero-order chi connectivity index (χ0) is 18.8. The summed E-state index contributed by atoms with van der Waals surface area (Å²) < 4.78 is 38.1. The van der Waals surface area contributed by atoms with Gasteiger partial charge in [0, 0.05) is 13.2 Å². The first-order valence-corrected chi connectivity index (χ1v) is 8.72. The zero-order valence-electron chi connectivity index (χ0n) is 13.4. The molecule has 0 spiro atoms. The number of hydrogen-bond acceptors (Lipinski definition) is 9. The third-order valence-corrected chi connectivity index (χ3v) is 5.31. The van der Waals surface area contributed by atoms with Crippen LogP contribution in [-0.2, 0) is 17.1 Å². The number of methoxy groups -OCH3 is 2. The third kappa shape index (κ3) is 3.58. The smallest absolute Gasteiger partial charge is 0.294 e. The molecule has 0 aliphatic carbocycles. The van der Waals surface area contributed by atoms with E-state index in [1.54, 1.807) is 7.05 Å². The van der Waals surface area contributed by atoms with Crippen molar-refractivity contribution in [3.05, 3.63) is 16.7 Å². The van der Waals surface area contributed by atoms with E-state index < -0.39 is 16.0 Å². The fourth-order valence-corrected chi connectivity index (χ4v) is 4.06. The molecule has 0 atom stereocenters. The number of aromatic nitrogens is 4. The summed E-state index contributed by atoms with van der Waals surface area (Å²) in [4.78, 5) is 7.93. The van der Waals surface area contributed by atoms with Crippen molar-refractivity contribution in [2.24, 2.45) is 23.7 Å². The third-order valence-electron chi connectivity index (χ3n) is 2.85. The minimum Gasteiger partial charge on any atom is -0.481 e. The van der Waals surface area contributed by atoms with Crippen molar-refractivity contribution < 1.29 is 17.9 Å². The Morgan fingerprint density at radius 1 is 1.32 bits per heavy atom. The number of ether oxygens (including phenoxy) is 2. The Morgan fingerprint density at radius 2 is 1.88 bits per heavy atom. The van der Waals surface area contributed by atoms with Crippen LogP contribution >= 0.6 is 15.9 Å². The topological polar surface area (TPSA) is 164 Å². The van der Waals surface area contributed by atoms with Crippen molar-refractivity contribution >= 4 is 37.9 Å². The van der Waals surface area contributed by atoms with Crippen molar-refractivity contribution in [2.75, 3.05) is 18.5 Å². The number of nitrogens with zero attached hydrogens (tertiary/aromatic N) is 6. The van der Waals surface area contributed by atoms with Gasteiger partial charge in [0.1, 0.15) is 0 Å². The quantitative estimate of drug-likeness (QED) is 0.269. The number of anilines is 1. The van der Waals surface area contributed by atoms with Crippen LogP contribution < -0.4 is 25.4 Å². The number of hydrogen-bond donors (Lipinski definition) is 2. The summed E-state index contributed by atoms with van der Waals surface area (Å²) in [6.07, 6.45) is 1.45. The first-order valence-electron chi connectivity index (χ1n) is 6.49. The molecule has 2 rings (SSSR count). The summed E-state index contributed by atoms with van der Waals surface area (Å²) in [7, 11) is -0.0928. The van der Waals surface area contributed by atoms with Crippen LogP contribution in [0.5, 0.6) is 11.8 Å². The van der Waals surface area contributed by atoms with Crippen LogP contribution in [0.2, 0.25) is 0 Å². The Kier molecular flexibility index (Phi) is 5.32. The molecule has 0 saturated carbocycles. The van der Waals surface area contributed by atoms with Gasteiger partial charge in [-0.25, -0.2) is 0 Å². The van der Waals surface area contributed by atoms with E-state index in [-0.39, 0.29) is 27.2 Å². The first kappa shape index (κ1) is 18.7. The molecule has 0 aliphatic rings. The van der Waals surface area contributed by atoms with Crippen LogP contribution in [0.1, 0.15) is 0 Å². The molecule has 136 valence electrons. The van der Waals surface area contributed by atoms with Gasteiger partial charge in [0.25, 0.3) is 16.0 Å². The molecule has 2 aromatic rings. The monoisotopic (exact) mass is 434 g/mol. The molecule has 0 fully saturated rings. The first-order chi connectivity index (χ1) is 11.7. The van der Waals surface area contributed by atoms with E-state index in [1.807, 2.05) is 0 Å². The average Bonchev–Trinajstić information content (AvgIpc) is 2.93. The molecule has 12 nitrogen and oxygen atoms in total. The minimum absolute atomic E-state index is 0.0481. The van der Waals surface area contributed by atoms with Crippen LogP contribution in [-0.4, -0.2) is 48.3 Å². The summed E-state index contributed by atoms with van der Waals surface area (Å²) >= 11 is 3.13. The molecule has 4 N–H and O–H groups in total. The highest BCUT2D eigenvalue weighted by molar-refractivity contribution is 9.10. The minimum atomic E-state index is -4.34. The Labute approximate surface area is 151 Å². The molecule has 0 aliphatic heterocycles. The summed E-state index contributed by atoms with van der Waals surface area (Å²) in [5, 5.41) is 6.81. The maximum absolute atomic E-state index is 13.0. The normalized spacial score (nSPS) is 12.1. The van der Waals surface area contributed by atoms with Gasteiger partial charge in [-0.1, -0.05) is 0 Å². The highest BCUT2D eigenvalue weighted by Crippen LogP contribution is 2.28. The number of hydrazone groups is 1. The maximum Gasteiger partial charge on any atom is 0.294 e. The highest BCUT2D eigenvalue weighted by Gasteiger charge is 2.35. The van der Waals surface area contributed by atoms with Gasteiger partial charge < -0.3 is 21.1 Å². The second kappa shape index (κ2) is 7.10. The molecular formula is C11H15BrN8O4S. The van der Waals surface area contributed by atoms with Crippen molar-refractivity contribution in [1.82, 2.24) is 19.7 Å². The summed E-state index contributed by atoms with van der Waals surface area (Å²) in [6.45, 7) is 0. The van der Waals surface area contributed by atoms with E-state index in [0.717, 1.165) is 0 Å². The standard InChI is InChI=1S/C11H15BrN8O4S/c1-19-5-6(12)9(18-19)25(21,22)20(10(13)17-14)11-15-7(23-2)4-8(16-11)24-3/h4-5H,14H2,1-3H3,(H2,13,17). The van der Waals surface area contributed by atoms with Crippen LogP contribution in [0, 0.1) is 0 Å². The largest absolute Gasteiger partial charge is 0.481 e. The molecular weight excluding hydrogens is 420 g/mol. The Balaban J connectivity index is 2.71. The molecule has 0 radical (unpaired) electrons. The maximum atomic E-state index is 13.0. The molecule has 14 heteroatoms. The van der Waals surface area contributed by atoms with Crippen molar-refractivity contribution in [1.29, 1.82) is 0 Å². The fraction of sp³-hybridized carbons (Fsp3) is 0.273. The number of aryl methyl sites for hydroxylation is 1. The van der Waals surface area contributed by atoms with Gasteiger partial charge in [0.2, 0.25) is 22.7 Å². The highest BCUT2D eigenvalue weighted by atomic mass is 79.9. The number of sulfonamides is 1. The van der Waals surface area contributed by atoms with Crippen molar-refractivity contribution in [2.45, 2.75) is 5.03 Å². The van der Waals surface area contributed by atoms with Gasteiger partial charge in [-0.2, -0.15) is 27.8 Å². The van der Waals surface area contributed by atoms with Gasteiger partial charge in [-0.3, -0.25) is 4.68 Å². The summed E-state index contributed by atoms with van der Waals surface area (Å²) in [6, 6.07) is 1.36. The second-order valence-corrected chi connectivity index (χ2v) is 7.02. The predicted octanol–water partition coefficient (Wildman–Crippen LogP) is -0.626. The SMILES string of the molecule is COc1cc(OC)nc(N(C(N)=NN)S(=O)(=O)c2nn(C)cc2Br)n1. The Morgan fingerprint density at radius 3 is 2.28 bits per heavy atom. The molecule has 2 aromatic heterocycles. The lowest BCUT2D eigenvalue weighted by molar-refractivity contribution is 0.372. The summed E-state index contributed by atoms with van der Waals surface area (Å²) in [5.74, 6) is 4.32.